The number of hydrogen-bond donors (Lipinski definition) is 2. The van der Waals surface area contributed by atoms with E-state index in [0.717, 1.165) is 0 Å². The van der Waals surface area contributed by atoms with E-state index in [0.29, 0.717) is 6.04 Å². The zero-order valence-electron chi connectivity index (χ0n) is 13.6. The topological polar surface area (TPSA) is 24.1 Å². The monoisotopic (exact) mass is 383 g/mol. The summed E-state index contributed by atoms with van der Waals surface area (Å²) < 4.78 is 1.71. The second-order valence-corrected chi connectivity index (χ2v) is 12.6. The van der Waals surface area contributed by atoms with Crippen LogP contribution < -0.4 is 10.6 Å². The zero-order valence-corrected chi connectivity index (χ0v) is 17.1. The van der Waals surface area contributed by atoms with Crippen LogP contribution in [-0.4, -0.2) is 22.2 Å². The molecule has 111 valence electrons. The number of rotatable bonds is 3. The zero-order chi connectivity index (χ0) is 15.6. The van der Waals surface area contributed by atoms with Crippen LogP contribution in [0.1, 0.15) is 23.6 Å². The second kappa shape index (κ2) is 4.90. The summed E-state index contributed by atoms with van der Waals surface area (Å²) in [5, 5.41) is 10.6. The molecule has 0 radical (unpaired) electrons. The van der Waals surface area contributed by atoms with Gasteiger partial charge in [-0.2, -0.15) is 0 Å². The van der Waals surface area contributed by atoms with Crippen LogP contribution in [0.4, 0.5) is 0 Å². The Morgan fingerprint density at radius 3 is 2.45 bits per heavy atom. The van der Waals surface area contributed by atoms with Gasteiger partial charge in [0.05, 0.1) is 0 Å². The normalized spacial score (nSPS) is 24.8. The molecule has 22 heavy (non-hydrogen) atoms. The summed E-state index contributed by atoms with van der Waals surface area (Å²) >= 11 is 1.61. The Morgan fingerprint density at radius 1 is 1.14 bits per heavy atom. The molecule has 2 N–H and O–H groups in total. The molecule has 4 heteroatoms. The van der Waals surface area contributed by atoms with E-state index in [1.807, 2.05) is 0 Å². The van der Waals surface area contributed by atoms with E-state index in [1.165, 1.54) is 28.8 Å². The molecule has 1 aromatic rings. The Balaban J connectivity index is 1.91. The number of allylic oxidation sites excluding steroid dienone is 3. The van der Waals surface area contributed by atoms with Crippen molar-refractivity contribution in [3.05, 3.63) is 60.2 Å². The summed E-state index contributed by atoms with van der Waals surface area (Å²) in [4.78, 5) is 0. The van der Waals surface area contributed by atoms with Crippen molar-refractivity contribution in [1.29, 1.82) is 0 Å². The van der Waals surface area contributed by atoms with Gasteiger partial charge in [0, 0.05) is 0 Å². The van der Waals surface area contributed by atoms with Crippen LogP contribution >= 0.6 is 0 Å². The van der Waals surface area contributed by atoms with Crippen LogP contribution in [0.15, 0.2) is 49.1 Å². The Labute approximate surface area is 148 Å². The van der Waals surface area contributed by atoms with Gasteiger partial charge in [-0.1, -0.05) is 0 Å². The molecular weight excluding hydrogens is 364 g/mol. The Morgan fingerprint density at radius 2 is 1.86 bits per heavy atom. The van der Waals surface area contributed by atoms with E-state index < -0.39 is 8.07 Å². The number of benzene rings is 1. The molecule has 1 atom stereocenters. The van der Waals surface area contributed by atoms with E-state index in [4.69, 9.17) is 0 Å². The summed E-state index contributed by atoms with van der Waals surface area (Å²) in [6.07, 6.45) is 1.19. The van der Waals surface area contributed by atoms with Gasteiger partial charge >= 0.3 is 149 Å². The summed E-state index contributed by atoms with van der Waals surface area (Å²) in [7, 11) is 2.95. The number of nitrogens with one attached hydrogen (secondary N) is 2. The Bertz CT molecular complexity index is 786. The van der Waals surface area contributed by atoms with Crippen molar-refractivity contribution >= 4 is 13.8 Å². The first-order valence-electron chi connectivity index (χ1n) is 7.90. The molecule has 0 bridgehead atoms. The molecule has 1 unspecified atom stereocenters. The number of likely N-dealkylation sites (N-methyl/N-ethyl adjacent to an activating group) is 1. The van der Waals surface area contributed by atoms with Gasteiger partial charge in [-0.05, 0) is 0 Å². The average Bonchev–Trinajstić information content (AvgIpc) is 2.82. The molecule has 4 rings (SSSR count). The predicted molar refractivity (Wildman–Crippen MR) is 90.4 cm³/mol. The molecule has 1 aromatic carbocycles. The van der Waals surface area contributed by atoms with Crippen molar-refractivity contribution < 1.29 is 24.7 Å². The molecule has 2 aliphatic carbocycles. The fraction of sp³-hybridized carbons (Fsp3) is 0.333. The minimum atomic E-state index is -1.20. The molecular formula is C18H21N2SiZr. The molecule has 3 aliphatic rings. The van der Waals surface area contributed by atoms with Gasteiger partial charge in [-0.3, -0.25) is 0 Å². The van der Waals surface area contributed by atoms with Gasteiger partial charge in [0.15, 0.2) is 0 Å². The van der Waals surface area contributed by atoms with Crippen molar-refractivity contribution in [3.8, 4) is 0 Å². The first-order chi connectivity index (χ1) is 10.5. The predicted octanol–water partition coefficient (Wildman–Crippen LogP) is 3.19. The fourth-order valence-electron chi connectivity index (χ4n) is 4.42. The van der Waals surface area contributed by atoms with Crippen LogP contribution in [0.3, 0.4) is 0 Å². The SMILES string of the molecule is CNC1=C(C2=C3C(=[C]([Zr])C2)[Si]3(C)C)C(NC)c2ccccc21. The third-order valence-corrected chi connectivity index (χ3v) is 10.4. The Hall–Kier alpha value is -0.700. The van der Waals surface area contributed by atoms with Crippen molar-refractivity contribution in [1.82, 2.24) is 10.6 Å². The minimum absolute atomic E-state index is 0.328. The van der Waals surface area contributed by atoms with E-state index in [-0.39, 0.29) is 0 Å². The molecule has 2 nitrogen and oxygen atoms in total. The third kappa shape index (κ3) is 1.78. The molecule has 1 aliphatic heterocycles. The van der Waals surface area contributed by atoms with Crippen molar-refractivity contribution in [2.75, 3.05) is 14.1 Å². The van der Waals surface area contributed by atoms with Crippen LogP contribution in [0.2, 0.25) is 13.1 Å². The number of fused-ring (bicyclic) bond motifs is 2. The van der Waals surface area contributed by atoms with Crippen LogP contribution in [0.5, 0.6) is 0 Å². The molecule has 1 fully saturated rings. The summed E-state index contributed by atoms with van der Waals surface area (Å²) in [6, 6.07) is 9.15. The average molecular weight is 385 g/mol. The van der Waals surface area contributed by atoms with Gasteiger partial charge in [0.1, 0.15) is 0 Å². The molecule has 0 amide bonds. The van der Waals surface area contributed by atoms with E-state index >= 15 is 0 Å². The van der Waals surface area contributed by atoms with Gasteiger partial charge in [0.25, 0.3) is 0 Å². The summed E-state index contributed by atoms with van der Waals surface area (Å²) in [5.74, 6) is 0. The van der Waals surface area contributed by atoms with E-state index in [9.17, 15) is 0 Å². The molecule has 1 heterocycles. The summed E-state index contributed by atoms with van der Waals surface area (Å²) in [5.41, 5.74) is 7.26. The van der Waals surface area contributed by atoms with Crippen LogP contribution in [0, 0.1) is 0 Å². The maximum absolute atomic E-state index is 3.56. The van der Waals surface area contributed by atoms with Crippen molar-refractivity contribution in [3.63, 3.8) is 0 Å². The molecule has 0 spiro atoms. The van der Waals surface area contributed by atoms with Gasteiger partial charge in [-0.25, -0.2) is 0 Å². The first-order valence-corrected chi connectivity index (χ1v) is 12.1. The Kier molecular flexibility index (Phi) is 3.31. The van der Waals surface area contributed by atoms with Crippen molar-refractivity contribution in [2.24, 2.45) is 0 Å². The quantitative estimate of drug-likeness (QED) is 0.782. The number of hydrogen-bond acceptors (Lipinski definition) is 2. The molecule has 0 saturated carbocycles. The van der Waals surface area contributed by atoms with E-state index in [2.05, 4.69) is 62.1 Å². The first kappa shape index (κ1) is 14.9. The van der Waals surface area contributed by atoms with Crippen molar-refractivity contribution in [2.45, 2.75) is 25.6 Å². The van der Waals surface area contributed by atoms with Gasteiger partial charge in [-0.15, -0.1) is 0 Å². The van der Waals surface area contributed by atoms with Gasteiger partial charge < -0.3 is 0 Å². The third-order valence-electron chi connectivity index (χ3n) is 5.36. The maximum atomic E-state index is 3.56. The van der Waals surface area contributed by atoms with Crippen LogP contribution in [0.25, 0.3) is 5.70 Å². The molecule has 1 saturated heterocycles. The molecule has 0 aromatic heterocycles. The van der Waals surface area contributed by atoms with E-state index in [1.54, 1.807) is 44.0 Å². The van der Waals surface area contributed by atoms with Gasteiger partial charge in [0.2, 0.25) is 0 Å². The standard InChI is InChI=1S/C18H21N2Si.Zr/c1-19-16-11-7-5-6-8-12(11)17(20-2)15(16)13-9-10-14-18(13)21(14,3)4;/h5-8,16,19-20H,9H2,1-4H3;. The second-order valence-electron chi connectivity index (χ2n) is 6.86. The summed E-state index contributed by atoms with van der Waals surface area (Å²) in [6.45, 7) is 5.02. The van der Waals surface area contributed by atoms with Crippen LogP contribution in [-0.2, 0) is 24.7 Å². The fourth-order valence-corrected chi connectivity index (χ4v) is 11.6.